The summed E-state index contributed by atoms with van der Waals surface area (Å²) in [5.41, 5.74) is 3.10. The zero-order valence-corrected chi connectivity index (χ0v) is 18.9. The van der Waals surface area contributed by atoms with Crippen molar-refractivity contribution in [3.63, 3.8) is 0 Å². The summed E-state index contributed by atoms with van der Waals surface area (Å²) in [6.45, 7) is 3.60. The van der Waals surface area contributed by atoms with Crippen LogP contribution in [0.25, 0.3) is 0 Å². The molecule has 1 heterocycles. The molecule has 0 saturated carbocycles. The Bertz CT molecular complexity index is 1010. The van der Waals surface area contributed by atoms with Crippen LogP contribution in [0.3, 0.4) is 0 Å². The lowest BCUT2D eigenvalue weighted by atomic mass is 9.91. The molecular weight excluding hydrogens is 412 g/mol. The van der Waals surface area contributed by atoms with Crippen molar-refractivity contribution in [2.45, 2.75) is 25.7 Å². The van der Waals surface area contributed by atoms with Gasteiger partial charge in [0, 0.05) is 31.1 Å². The molecule has 3 aromatic carbocycles. The number of anilines is 1. The molecular formula is C28H30N2O3. The van der Waals surface area contributed by atoms with Gasteiger partial charge in [-0.25, -0.2) is 0 Å². The molecule has 1 atom stereocenters. The molecule has 2 amide bonds. The van der Waals surface area contributed by atoms with E-state index in [1.54, 1.807) is 4.90 Å². The van der Waals surface area contributed by atoms with Gasteiger partial charge in [-0.15, -0.1) is 0 Å². The maximum atomic E-state index is 13.0. The van der Waals surface area contributed by atoms with Crippen LogP contribution >= 0.6 is 0 Å². The van der Waals surface area contributed by atoms with Crippen LogP contribution in [0.1, 0.15) is 36.8 Å². The van der Waals surface area contributed by atoms with E-state index >= 15 is 0 Å². The van der Waals surface area contributed by atoms with E-state index < -0.39 is 0 Å². The lowest BCUT2D eigenvalue weighted by molar-refractivity contribution is -0.126. The average molecular weight is 443 g/mol. The molecule has 0 aromatic heterocycles. The Hall–Kier alpha value is -3.60. The zero-order valence-electron chi connectivity index (χ0n) is 18.9. The predicted octanol–water partition coefficient (Wildman–Crippen LogP) is 4.78. The number of hydrogen-bond donors (Lipinski definition) is 1. The third-order valence-electron chi connectivity index (χ3n) is 6.00. The fourth-order valence-corrected chi connectivity index (χ4v) is 4.22. The van der Waals surface area contributed by atoms with Crippen molar-refractivity contribution >= 4 is 17.5 Å². The molecule has 33 heavy (non-hydrogen) atoms. The number of hydrogen-bond acceptors (Lipinski definition) is 3. The summed E-state index contributed by atoms with van der Waals surface area (Å²) in [7, 11) is 0. The normalized spacial score (nSPS) is 15.6. The van der Waals surface area contributed by atoms with Crippen molar-refractivity contribution in [2.24, 2.45) is 5.92 Å². The summed E-state index contributed by atoms with van der Waals surface area (Å²) in [6, 6.07) is 27.9. The molecule has 5 nitrogen and oxygen atoms in total. The van der Waals surface area contributed by atoms with Gasteiger partial charge in [-0.1, -0.05) is 67.6 Å². The fourth-order valence-electron chi connectivity index (χ4n) is 4.22. The SMILES string of the molecule is CCCOc1ccc(N2C[C@@H](C(=O)NCC(c3ccccc3)c3ccccc3)CC2=O)cc1. The smallest absolute Gasteiger partial charge is 0.227 e. The Labute approximate surface area is 195 Å². The van der Waals surface area contributed by atoms with E-state index in [2.05, 4.69) is 36.5 Å². The lowest BCUT2D eigenvalue weighted by Crippen LogP contribution is -2.35. The van der Waals surface area contributed by atoms with Crippen LogP contribution < -0.4 is 15.0 Å². The number of carbonyl (C=O) groups is 2. The van der Waals surface area contributed by atoms with Gasteiger partial charge in [0.1, 0.15) is 5.75 Å². The molecule has 0 spiro atoms. The second kappa shape index (κ2) is 10.8. The number of rotatable bonds is 9. The highest BCUT2D eigenvalue weighted by molar-refractivity contribution is 6.00. The standard InChI is InChI=1S/C28H30N2O3/c1-2-17-33-25-15-13-24(14-16-25)30-20-23(18-27(30)31)28(32)29-19-26(21-9-5-3-6-10-21)22-11-7-4-8-12-22/h3-16,23,26H,2,17-20H2,1H3,(H,29,32)/t23-/m0/s1. The average Bonchev–Trinajstić information content (AvgIpc) is 3.26. The van der Waals surface area contributed by atoms with Crippen molar-refractivity contribution in [3.8, 4) is 5.75 Å². The van der Waals surface area contributed by atoms with Crippen LogP contribution in [0.15, 0.2) is 84.9 Å². The molecule has 1 fully saturated rings. The van der Waals surface area contributed by atoms with Crippen molar-refractivity contribution in [1.29, 1.82) is 0 Å². The summed E-state index contributed by atoms with van der Waals surface area (Å²) >= 11 is 0. The number of benzene rings is 3. The van der Waals surface area contributed by atoms with Crippen molar-refractivity contribution in [1.82, 2.24) is 5.32 Å². The second-order valence-corrected chi connectivity index (χ2v) is 8.37. The maximum absolute atomic E-state index is 13.0. The summed E-state index contributed by atoms with van der Waals surface area (Å²) < 4.78 is 5.62. The third-order valence-corrected chi connectivity index (χ3v) is 6.00. The van der Waals surface area contributed by atoms with Crippen molar-refractivity contribution < 1.29 is 14.3 Å². The fraction of sp³-hybridized carbons (Fsp3) is 0.286. The molecule has 0 radical (unpaired) electrons. The molecule has 170 valence electrons. The lowest BCUT2D eigenvalue weighted by Gasteiger charge is -2.20. The molecule has 4 rings (SSSR count). The van der Waals surface area contributed by atoms with E-state index in [0.29, 0.717) is 19.7 Å². The van der Waals surface area contributed by atoms with Gasteiger partial charge < -0.3 is 15.0 Å². The summed E-state index contributed by atoms with van der Waals surface area (Å²) in [5.74, 6) is 0.376. The number of nitrogens with one attached hydrogen (secondary N) is 1. The number of amides is 2. The van der Waals surface area contributed by atoms with E-state index in [1.807, 2.05) is 60.7 Å². The van der Waals surface area contributed by atoms with Crippen molar-refractivity contribution in [3.05, 3.63) is 96.1 Å². The van der Waals surface area contributed by atoms with Gasteiger partial charge in [0.2, 0.25) is 11.8 Å². The molecule has 3 aromatic rings. The first kappa shape index (κ1) is 22.6. The van der Waals surface area contributed by atoms with E-state index in [9.17, 15) is 9.59 Å². The third kappa shape index (κ3) is 5.61. The molecule has 1 aliphatic heterocycles. The minimum atomic E-state index is -0.360. The van der Waals surface area contributed by atoms with Gasteiger partial charge in [-0.3, -0.25) is 9.59 Å². The monoisotopic (exact) mass is 442 g/mol. The minimum absolute atomic E-state index is 0.0277. The Morgan fingerprint density at radius 3 is 2.15 bits per heavy atom. The Morgan fingerprint density at radius 2 is 1.58 bits per heavy atom. The van der Waals surface area contributed by atoms with E-state index in [0.717, 1.165) is 29.0 Å². The van der Waals surface area contributed by atoms with Gasteiger partial charge in [0.15, 0.2) is 0 Å². The quantitative estimate of drug-likeness (QED) is 0.519. The zero-order chi connectivity index (χ0) is 23.0. The van der Waals surface area contributed by atoms with Gasteiger partial charge >= 0.3 is 0 Å². The van der Waals surface area contributed by atoms with Gasteiger partial charge in [0.25, 0.3) is 0 Å². The second-order valence-electron chi connectivity index (χ2n) is 8.37. The van der Waals surface area contributed by atoms with Gasteiger partial charge in [-0.2, -0.15) is 0 Å². The number of carbonyl (C=O) groups excluding carboxylic acids is 2. The highest BCUT2D eigenvalue weighted by Gasteiger charge is 2.35. The first-order valence-electron chi connectivity index (χ1n) is 11.6. The molecule has 5 heteroatoms. The number of nitrogens with zero attached hydrogens (tertiary/aromatic N) is 1. The maximum Gasteiger partial charge on any atom is 0.227 e. The molecule has 1 saturated heterocycles. The molecule has 0 bridgehead atoms. The molecule has 1 aliphatic rings. The van der Waals surface area contributed by atoms with Crippen LogP contribution in [0.5, 0.6) is 5.75 Å². The molecule has 0 aliphatic carbocycles. The Morgan fingerprint density at radius 1 is 0.970 bits per heavy atom. The summed E-state index contributed by atoms with van der Waals surface area (Å²) in [4.78, 5) is 27.3. The summed E-state index contributed by atoms with van der Waals surface area (Å²) in [5, 5.41) is 3.11. The molecule has 0 unspecified atom stereocenters. The highest BCUT2D eigenvalue weighted by Crippen LogP contribution is 2.28. The Kier molecular flexibility index (Phi) is 7.40. The van der Waals surface area contributed by atoms with Crippen molar-refractivity contribution in [2.75, 3.05) is 24.6 Å². The first-order valence-corrected chi connectivity index (χ1v) is 11.6. The van der Waals surface area contributed by atoms with Crippen LogP contribution in [0, 0.1) is 5.92 Å². The van der Waals surface area contributed by atoms with Gasteiger partial charge in [-0.05, 0) is 41.8 Å². The minimum Gasteiger partial charge on any atom is -0.494 e. The van der Waals surface area contributed by atoms with Gasteiger partial charge in [0.05, 0.1) is 12.5 Å². The van der Waals surface area contributed by atoms with E-state index in [1.165, 1.54) is 0 Å². The largest absolute Gasteiger partial charge is 0.494 e. The van der Waals surface area contributed by atoms with E-state index in [4.69, 9.17) is 4.74 Å². The topological polar surface area (TPSA) is 58.6 Å². The van der Waals surface area contributed by atoms with E-state index in [-0.39, 0.29) is 30.1 Å². The van der Waals surface area contributed by atoms with Crippen LogP contribution in [0.4, 0.5) is 5.69 Å². The summed E-state index contributed by atoms with van der Waals surface area (Å²) in [6.07, 6.45) is 1.17. The van der Waals surface area contributed by atoms with Crippen LogP contribution in [-0.2, 0) is 9.59 Å². The predicted molar refractivity (Wildman–Crippen MR) is 130 cm³/mol. The molecule has 1 N–H and O–H groups in total. The first-order chi connectivity index (χ1) is 16.2. The highest BCUT2D eigenvalue weighted by atomic mass is 16.5. The number of ether oxygens (including phenoxy) is 1. The Balaban J connectivity index is 1.39. The van der Waals surface area contributed by atoms with Crippen LogP contribution in [0.2, 0.25) is 0 Å². The van der Waals surface area contributed by atoms with Crippen LogP contribution in [-0.4, -0.2) is 31.5 Å².